The van der Waals surface area contributed by atoms with Crippen LogP contribution in [0.3, 0.4) is 0 Å². The van der Waals surface area contributed by atoms with Crippen molar-refractivity contribution in [2.24, 2.45) is 0 Å². The predicted molar refractivity (Wildman–Crippen MR) is 68.8 cm³/mol. The Hall–Kier alpha value is -0.970. The molecule has 0 fully saturated rings. The van der Waals surface area contributed by atoms with E-state index in [9.17, 15) is 9.59 Å². The molecule has 0 aliphatic carbocycles. The molecular formula is C10H9Cl3N2O2. The lowest BCUT2D eigenvalue weighted by atomic mass is 10.3. The summed E-state index contributed by atoms with van der Waals surface area (Å²) >= 11 is 17.0. The van der Waals surface area contributed by atoms with E-state index in [-0.39, 0.29) is 28.2 Å². The molecule has 1 aromatic rings. The van der Waals surface area contributed by atoms with Crippen LogP contribution in [0, 0.1) is 0 Å². The van der Waals surface area contributed by atoms with Gasteiger partial charge in [0, 0.05) is 12.4 Å². The Balaban J connectivity index is 2.71. The standard InChI is InChI=1S/C10H9Cl3N2O2/c11-4-5-14-9(16)10(17)15-8-6(12)2-1-3-7(8)13/h1-3H,4-5H2,(H,14,16)(H,15,17). The lowest BCUT2D eigenvalue weighted by molar-refractivity contribution is -0.136. The summed E-state index contributed by atoms with van der Waals surface area (Å²) in [6, 6.07) is 4.74. The Morgan fingerprint density at radius 2 is 1.71 bits per heavy atom. The molecule has 0 spiro atoms. The van der Waals surface area contributed by atoms with Crippen LogP contribution in [0.2, 0.25) is 10.0 Å². The van der Waals surface area contributed by atoms with Crippen LogP contribution < -0.4 is 10.6 Å². The van der Waals surface area contributed by atoms with Crippen LogP contribution in [0.5, 0.6) is 0 Å². The minimum Gasteiger partial charge on any atom is -0.347 e. The molecule has 0 aliphatic heterocycles. The van der Waals surface area contributed by atoms with Crippen LogP contribution in [-0.4, -0.2) is 24.2 Å². The van der Waals surface area contributed by atoms with E-state index in [0.717, 1.165) is 0 Å². The van der Waals surface area contributed by atoms with Crippen molar-refractivity contribution < 1.29 is 9.59 Å². The van der Waals surface area contributed by atoms with E-state index in [4.69, 9.17) is 34.8 Å². The summed E-state index contributed by atoms with van der Waals surface area (Å²) in [5.74, 6) is -1.40. The first-order valence-corrected chi connectivity index (χ1v) is 5.94. The van der Waals surface area contributed by atoms with Gasteiger partial charge in [0.15, 0.2) is 0 Å². The van der Waals surface area contributed by atoms with Crippen molar-refractivity contribution in [1.29, 1.82) is 0 Å². The molecule has 92 valence electrons. The lowest BCUT2D eigenvalue weighted by Crippen LogP contribution is -2.36. The Morgan fingerprint density at radius 1 is 1.12 bits per heavy atom. The van der Waals surface area contributed by atoms with Gasteiger partial charge in [-0.1, -0.05) is 29.3 Å². The quantitative estimate of drug-likeness (QED) is 0.664. The second kappa shape index (κ2) is 6.69. The van der Waals surface area contributed by atoms with Gasteiger partial charge in [-0.05, 0) is 12.1 Å². The first-order chi connectivity index (χ1) is 8.06. The normalized spacial score (nSPS) is 9.82. The van der Waals surface area contributed by atoms with Gasteiger partial charge in [-0.3, -0.25) is 9.59 Å². The van der Waals surface area contributed by atoms with Gasteiger partial charge in [-0.25, -0.2) is 0 Å². The van der Waals surface area contributed by atoms with E-state index in [1.54, 1.807) is 18.2 Å². The first-order valence-electron chi connectivity index (χ1n) is 4.65. The number of para-hydroxylation sites is 1. The third-order valence-electron chi connectivity index (χ3n) is 1.79. The van der Waals surface area contributed by atoms with Gasteiger partial charge in [0.05, 0.1) is 15.7 Å². The summed E-state index contributed by atoms with van der Waals surface area (Å²) in [4.78, 5) is 22.7. The number of alkyl halides is 1. The number of nitrogens with one attached hydrogen (secondary N) is 2. The molecule has 1 rings (SSSR count). The van der Waals surface area contributed by atoms with Crippen LogP contribution in [0.1, 0.15) is 0 Å². The number of carbonyl (C=O) groups is 2. The maximum Gasteiger partial charge on any atom is 0.313 e. The average Bonchev–Trinajstić information content (AvgIpc) is 2.30. The molecule has 0 aromatic heterocycles. The fraction of sp³-hybridized carbons (Fsp3) is 0.200. The highest BCUT2D eigenvalue weighted by molar-refractivity contribution is 6.44. The summed E-state index contributed by atoms with van der Waals surface area (Å²) in [7, 11) is 0. The highest BCUT2D eigenvalue weighted by Crippen LogP contribution is 2.29. The van der Waals surface area contributed by atoms with Crippen molar-refractivity contribution in [2.75, 3.05) is 17.7 Å². The summed E-state index contributed by atoms with van der Waals surface area (Å²) in [5, 5.41) is 5.17. The zero-order chi connectivity index (χ0) is 12.8. The van der Waals surface area contributed by atoms with Crippen LogP contribution in [0.15, 0.2) is 18.2 Å². The molecule has 0 radical (unpaired) electrons. The second-order valence-corrected chi connectivity index (χ2v) is 4.19. The largest absolute Gasteiger partial charge is 0.347 e. The zero-order valence-electron chi connectivity index (χ0n) is 8.60. The Bertz CT molecular complexity index is 417. The number of anilines is 1. The smallest absolute Gasteiger partial charge is 0.313 e. The van der Waals surface area contributed by atoms with E-state index in [1.807, 2.05) is 0 Å². The maximum atomic E-state index is 11.4. The molecule has 2 N–H and O–H groups in total. The van der Waals surface area contributed by atoms with Gasteiger partial charge in [0.1, 0.15) is 0 Å². The molecule has 0 saturated heterocycles. The van der Waals surface area contributed by atoms with Crippen molar-refractivity contribution in [3.8, 4) is 0 Å². The highest BCUT2D eigenvalue weighted by Gasteiger charge is 2.15. The third kappa shape index (κ3) is 4.07. The third-order valence-corrected chi connectivity index (χ3v) is 2.61. The van der Waals surface area contributed by atoms with Crippen LogP contribution >= 0.6 is 34.8 Å². The molecule has 7 heteroatoms. The van der Waals surface area contributed by atoms with Crippen molar-refractivity contribution in [1.82, 2.24) is 5.32 Å². The lowest BCUT2D eigenvalue weighted by Gasteiger charge is -2.08. The van der Waals surface area contributed by atoms with E-state index in [1.165, 1.54) is 0 Å². The second-order valence-electron chi connectivity index (χ2n) is 3.00. The average molecular weight is 296 g/mol. The Labute approximate surface area is 113 Å². The summed E-state index contributed by atoms with van der Waals surface area (Å²) in [6.07, 6.45) is 0. The predicted octanol–water partition coefficient (Wildman–Crippen LogP) is 2.29. The van der Waals surface area contributed by atoms with Crippen LogP contribution in [0.25, 0.3) is 0 Å². The SMILES string of the molecule is O=C(NCCCl)C(=O)Nc1c(Cl)cccc1Cl. The molecule has 0 heterocycles. The molecule has 0 unspecified atom stereocenters. The number of amides is 2. The molecule has 0 aliphatic rings. The van der Waals surface area contributed by atoms with Gasteiger partial charge >= 0.3 is 11.8 Å². The molecule has 4 nitrogen and oxygen atoms in total. The van der Waals surface area contributed by atoms with Crippen LogP contribution in [0.4, 0.5) is 5.69 Å². The number of benzene rings is 1. The van der Waals surface area contributed by atoms with Crippen molar-refractivity contribution in [3.05, 3.63) is 28.2 Å². The molecule has 2 amide bonds. The monoisotopic (exact) mass is 294 g/mol. The molecular weight excluding hydrogens is 286 g/mol. The van der Waals surface area contributed by atoms with E-state index in [0.29, 0.717) is 0 Å². The fourth-order valence-electron chi connectivity index (χ4n) is 1.03. The topological polar surface area (TPSA) is 58.2 Å². The number of halogens is 3. The number of hydrogen-bond acceptors (Lipinski definition) is 2. The van der Waals surface area contributed by atoms with E-state index < -0.39 is 11.8 Å². The number of rotatable bonds is 3. The Kier molecular flexibility index (Phi) is 5.55. The fourth-order valence-corrected chi connectivity index (χ4v) is 1.62. The van der Waals surface area contributed by atoms with Gasteiger partial charge in [-0.2, -0.15) is 0 Å². The molecule has 0 bridgehead atoms. The highest BCUT2D eigenvalue weighted by atomic mass is 35.5. The van der Waals surface area contributed by atoms with E-state index in [2.05, 4.69) is 10.6 Å². The number of hydrogen-bond donors (Lipinski definition) is 2. The summed E-state index contributed by atoms with van der Waals surface area (Å²) in [6.45, 7) is 0.212. The summed E-state index contributed by atoms with van der Waals surface area (Å²) < 4.78 is 0. The zero-order valence-corrected chi connectivity index (χ0v) is 10.9. The molecule has 0 atom stereocenters. The minimum atomic E-state index is -0.842. The van der Waals surface area contributed by atoms with Crippen molar-refractivity contribution >= 4 is 52.3 Å². The molecule has 17 heavy (non-hydrogen) atoms. The van der Waals surface area contributed by atoms with Gasteiger partial charge in [0.25, 0.3) is 0 Å². The Morgan fingerprint density at radius 3 is 2.24 bits per heavy atom. The number of carbonyl (C=O) groups excluding carboxylic acids is 2. The van der Waals surface area contributed by atoms with Crippen molar-refractivity contribution in [3.63, 3.8) is 0 Å². The summed E-state index contributed by atoms with van der Waals surface area (Å²) in [5.41, 5.74) is 0.210. The molecule has 0 saturated carbocycles. The van der Waals surface area contributed by atoms with Gasteiger partial charge < -0.3 is 10.6 Å². The molecule has 1 aromatic carbocycles. The van der Waals surface area contributed by atoms with Gasteiger partial charge in [-0.15, -0.1) is 11.6 Å². The van der Waals surface area contributed by atoms with Crippen LogP contribution in [-0.2, 0) is 9.59 Å². The van der Waals surface area contributed by atoms with E-state index >= 15 is 0 Å². The first kappa shape index (κ1) is 14.1. The maximum absolute atomic E-state index is 11.4. The van der Waals surface area contributed by atoms with Gasteiger partial charge in [0.2, 0.25) is 0 Å². The van der Waals surface area contributed by atoms with Crippen molar-refractivity contribution in [2.45, 2.75) is 0 Å². The minimum absolute atomic E-state index is 0.210.